The van der Waals surface area contributed by atoms with Crippen molar-refractivity contribution in [3.63, 3.8) is 0 Å². The summed E-state index contributed by atoms with van der Waals surface area (Å²) in [6.45, 7) is 6.63. The zero-order valence-corrected chi connectivity index (χ0v) is 8.83. The van der Waals surface area contributed by atoms with Gasteiger partial charge >= 0.3 is 0 Å². The second-order valence-corrected chi connectivity index (χ2v) is 3.30. The van der Waals surface area contributed by atoms with Gasteiger partial charge in [-0.05, 0) is 6.92 Å². The van der Waals surface area contributed by atoms with Crippen molar-refractivity contribution in [1.82, 2.24) is 4.90 Å². The number of allylic oxidation sites excluding steroid dienone is 1. The van der Waals surface area contributed by atoms with E-state index in [1.165, 1.54) is 0 Å². The third-order valence-electron chi connectivity index (χ3n) is 1.73. The van der Waals surface area contributed by atoms with E-state index in [2.05, 4.69) is 4.90 Å². The molecule has 4 heteroatoms. The molecule has 0 aliphatic carbocycles. The standard InChI is InChI=1S/C8H14ClNO.ClH/c1-8(9)2-3-10-4-6-11-7-5-10;/h2H,3-7H2,1H3;1H/b8-2-;. The van der Waals surface area contributed by atoms with E-state index in [0.29, 0.717) is 0 Å². The Morgan fingerprint density at radius 3 is 2.58 bits per heavy atom. The second-order valence-electron chi connectivity index (χ2n) is 2.70. The van der Waals surface area contributed by atoms with Gasteiger partial charge in [0.2, 0.25) is 0 Å². The van der Waals surface area contributed by atoms with Crippen molar-refractivity contribution in [2.75, 3.05) is 32.8 Å². The monoisotopic (exact) mass is 211 g/mol. The summed E-state index contributed by atoms with van der Waals surface area (Å²) in [7, 11) is 0. The van der Waals surface area contributed by atoms with Crippen molar-refractivity contribution in [2.45, 2.75) is 6.92 Å². The van der Waals surface area contributed by atoms with E-state index in [1.54, 1.807) is 0 Å². The van der Waals surface area contributed by atoms with Crippen LogP contribution in [0.15, 0.2) is 11.1 Å². The van der Waals surface area contributed by atoms with Gasteiger partial charge in [0.1, 0.15) is 0 Å². The molecule has 12 heavy (non-hydrogen) atoms. The van der Waals surface area contributed by atoms with Crippen molar-refractivity contribution in [3.8, 4) is 0 Å². The molecule has 0 saturated carbocycles. The molecule has 1 heterocycles. The molecule has 1 aliphatic rings. The summed E-state index contributed by atoms with van der Waals surface area (Å²) in [5.74, 6) is 0. The number of morpholine rings is 1. The third-order valence-corrected chi connectivity index (χ3v) is 1.89. The number of ether oxygens (including phenoxy) is 1. The van der Waals surface area contributed by atoms with E-state index in [4.69, 9.17) is 16.3 Å². The zero-order valence-electron chi connectivity index (χ0n) is 7.25. The van der Waals surface area contributed by atoms with Crippen molar-refractivity contribution in [2.24, 2.45) is 0 Å². The van der Waals surface area contributed by atoms with Crippen LogP contribution in [-0.4, -0.2) is 37.7 Å². The highest BCUT2D eigenvalue weighted by atomic mass is 35.5. The summed E-state index contributed by atoms with van der Waals surface area (Å²) in [6, 6.07) is 0. The maximum absolute atomic E-state index is 5.70. The molecule has 0 aromatic carbocycles. The predicted octanol–water partition coefficient (Wildman–Crippen LogP) is 1.88. The van der Waals surface area contributed by atoms with Gasteiger partial charge in [0, 0.05) is 24.7 Å². The first-order valence-corrected chi connectivity index (χ1v) is 4.29. The minimum absolute atomic E-state index is 0. The van der Waals surface area contributed by atoms with Gasteiger partial charge in [-0.3, -0.25) is 4.90 Å². The minimum atomic E-state index is 0. The van der Waals surface area contributed by atoms with E-state index >= 15 is 0 Å². The highest BCUT2D eigenvalue weighted by molar-refractivity contribution is 6.29. The van der Waals surface area contributed by atoms with Gasteiger partial charge in [-0.25, -0.2) is 0 Å². The van der Waals surface area contributed by atoms with Gasteiger partial charge in [0.25, 0.3) is 0 Å². The lowest BCUT2D eigenvalue weighted by Crippen LogP contribution is -2.36. The van der Waals surface area contributed by atoms with E-state index < -0.39 is 0 Å². The van der Waals surface area contributed by atoms with Crippen LogP contribution in [0, 0.1) is 0 Å². The fourth-order valence-corrected chi connectivity index (χ4v) is 1.11. The first kappa shape index (κ1) is 12.2. The fourth-order valence-electron chi connectivity index (χ4n) is 1.04. The van der Waals surface area contributed by atoms with Crippen LogP contribution in [0.25, 0.3) is 0 Å². The summed E-state index contributed by atoms with van der Waals surface area (Å²) in [4.78, 5) is 2.33. The molecule has 0 aromatic rings. The number of rotatable bonds is 2. The molecule has 0 aromatic heterocycles. The molecule has 1 aliphatic heterocycles. The summed E-state index contributed by atoms with van der Waals surface area (Å²) in [6.07, 6.45) is 2.03. The Kier molecular flexibility index (Phi) is 6.86. The van der Waals surface area contributed by atoms with Crippen molar-refractivity contribution >= 4 is 24.0 Å². The van der Waals surface area contributed by atoms with Crippen molar-refractivity contribution in [1.29, 1.82) is 0 Å². The van der Waals surface area contributed by atoms with Gasteiger partial charge in [-0.15, -0.1) is 12.4 Å². The topological polar surface area (TPSA) is 12.5 Å². The van der Waals surface area contributed by atoms with Crippen LogP contribution in [0.2, 0.25) is 0 Å². The largest absolute Gasteiger partial charge is 0.379 e. The molecule has 2 nitrogen and oxygen atoms in total. The lowest BCUT2D eigenvalue weighted by molar-refractivity contribution is 0.0434. The van der Waals surface area contributed by atoms with Gasteiger partial charge in [0.05, 0.1) is 13.2 Å². The molecule has 0 unspecified atom stereocenters. The summed E-state index contributed by atoms with van der Waals surface area (Å²) in [5, 5.41) is 0.872. The van der Waals surface area contributed by atoms with E-state index in [1.807, 2.05) is 13.0 Å². The fraction of sp³-hybridized carbons (Fsp3) is 0.750. The highest BCUT2D eigenvalue weighted by Gasteiger charge is 2.07. The van der Waals surface area contributed by atoms with E-state index in [0.717, 1.165) is 37.9 Å². The SMILES string of the molecule is C/C(Cl)=C/CN1CCOCC1.Cl. The quantitative estimate of drug-likeness (QED) is 0.692. The Morgan fingerprint density at radius 1 is 1.50 bits per heavy atom. The summed E-state index contributed by atoms with van der Waals surface area (Å²) < 4.78 is 5.21. The Bertz CT molecular complexity index is 140. The van der Waals surface area contributed by atoms with Crippen molar-refractivity contribution in [3.05, 3.63) is 11.1 Å². The first-order valence-electron chi connectivity index (χ1n) is 3.91. The molecular weight excluding hydrogens is 197 g/mol. The smallest absolute Gasteiger partial charge is 0.0594 e. The number of nitrogens with zero attached hydrogens (tertiary/aromatic N) is 1. The van der Waals surface area contributed by atoms with Crippen LogP contribution < -0.4 is 0 Å². The van der Waals surface area contributed by atoms with E-state index in [9.17, 15) is 0 Å². The maximum Gasteiger partial charge on any atom is 0.0594 e. The maximum atomic E-state index is 5.70. The Balaban J connectivity index is 0.00000121. The predicted molar refractivity (Wildman–Crippen MR) is 54.1 cm³/mol. The van der Waals surface area contributed by atoms with Crippen LogP contribution in [0.5, 0.6) is 0 Å². The van der Waals surface area contributed by atoms with E-state index in [-0.39, 0.29) is 12.4 Å². The highest BCUT2D eigenvalue weighted by Crippen LogP contribution is 2.01. The number of halogens is 2. The average Bonchev–Trinajstić information content (AvgIpc) is 2.03. The molecule has 1 fully saturated rings. The molecule has 0 amide bonds. The van der Waals surface area contributed by atoms with Gasteiger partial charge in [-0.2, -0.15) is 0 Å². The third kappa shape index (κ3) is 4.99. The van der Waals surface area contributed by atoms with Gasteiger partial charge in [-0.1, -0.05) is 17.7 Å². The molecule has 1 saturated heterocycles. The summed E-state index contributed by atoms with van der Waals surface area (Å²) in [5.41, 5.74) is 0. The molecule has 1 rings (SSSR count). The molecular formula is C8H15Cl2NO. The Hall–Kier alpha value is 0.240. The van der Waals surface area contributed by atoms with Crippen LogP contribution in [-0.2, 0) is 4.74 Å². The van der Waals surface area contributed by atoms with Crippen molar-refractivity contribution < 1.29 is 4.74 Å². The minimum Gasteiger partial charge on any atom is -0.379 e. The van der Waals surface area contributed by atoms with Gasteiger partial charge < -0.3 is 4.74 Å². The molecule has 0 N–H and O–H groups in total. The number of hydrogen-bond acceptors (Lipinski definition) is 2. The summed E-state index contributed by atoms with van der Waals surface area (Å²) >= 11 is 5.70. The second kappa shape index (κ2) is 6.72. The zero-order chi connectivity index (χ0) is 8.10. The molecule has 0 atom stereocenters. The Morgan fingerprint density at radius 2 is 2.08 bits per heavy atom. The Labute approximate surface area is 84.9 Å². The van der Waals surface area contributed by atoms with Crippen LogP contribution >= 0.6 is 24.0 Å². The molecule has 0 bridgehead atoms. The number of hydrogen-bond donors (Lipinski definition) is 0. The average molecular weight is 212 g/mol. The van der Waals surface area contributed by atoms with Gasteiger partial charge in [0.15, 0.2) is 0 Å². The lowest BCUT2D eigenvalue weighted by atomic mass is 10.4. The van der Waals surface area contributed by atoms with Crippen LogP contribution in [0.3, 0.4) is 0 Å². The van der Waals surface area contributed by atoms with Crippen LogP contribution in [0.4, 0.5) is 0 Å². The normalized spacial score (nSPS) is 20.3. The molecule has 0 spiro atoms. The first-order chi connectivity index (χ1) is 5.29. The molecule has 72 valence electrons. The lowest BCUT2D eigenvalue weighted by Gasteiger charge is -2.25. The molecule has 0 radical (unpaired) electrons. The van der Waals surface area contributed by atoms with Crippen LogP contribution in [0.1, 0.15) is 6.92 Å².